The van der Waals surface area contributed by atoms with Crippen LogP contribution in [0.5, 0.6) is 0 Å². The van der Waals surface area contributed by atoms with Gasteiger partial charge in [0.1, 0.15) is 11.8 Å². The van der Waals surface area contributed by atoms with Gasteiger partial charge in [-0.2, -0.15) is 0 Å². The predicted molar refractivity (Wildman–Crippen MR) is 112 cm³/mol. The Morgan fingerprint density at radius 3 is 2.87 bits per heavy atom. The number of benzene rings is 1. The summed E-state index contributed by atoms with van der Waals surface area (Å²) in [5.41, 5.74) is 0.714. The van der Waals surface area contributed by atoms with Crippen molar-refractivity contribution < 1.29 is 18.9 Å². The van der Waals surface area contributed by atoms with E-state index in [0.29, 0.717) is 26.4 Å². The second-order valence-corrected chi connectivity index (χ2v) is 7.68. The highest BCUT2D eigenvalue weighted by atomic mass is 32.1. The molecule has 0 aliphatic carbocycles. The molecule has 31 heavy (non-hydrogen) atoms. The molecule has 0 fully saturated rings. The van der Waals surface area contributed by atoms with E-state index < -0.39 is 16.9 Å². The first-order chi connectivity index (χ1) is 14.9. The maximum absolute atomic E-state index is 13.3. The molecule has 0 amide bonds. The number of aromatic nitrogens is 1. The summed E-state index contributed by atoms with van der Waals surface area (Å²) in [6.45, 7) is 3.56. The first-order valence-corrected chi connectivity index (χ1v) is 10.2. The van der Waals surface area contributed by atoms with Crippen molar-refractivity contribution in [1.29, 1.82) is 0 Å². The molecule has 3 aromatic rings. The van der Waals surface area contributed by atoms with E-state index in [9.17, 15) is 19.7 Å². The van der Waals surface area contributed by atoms with Gasteiger partial charge in [-0.1, -0.05) is 23.5 Å². The van der Waals surface area contributed by atoms with Gasteiger partial charge in [-0.3, -0.25) is 19.5 Å². The lowest BCUT2D eigenvalue weighted by Crippen LogP contribution is -2.39. The number of furan rings is 1. The molecule has 2 aromatic heterocycles. The van der Waals surface area contributed by atoms with Crippen LogP contribution in [-0.2, 0) is 9.53 Å². The highest BCUT2D eigenvalue weighted by molar-refractivity contribution is 7.07. The number of nitrogens with zero attached hydrogens (tertiary/aromatic N) is 3. The Bertz CT molecular complexity index is 1380. The van der Waals surface area contributed by atoms with E-state index in [1.165, 1.54) is 23.0 Å². The van der Waals surface area contributed by atoms with Crippen molar-refractivity contribution in [2.45, 2.75) is 19.9 Å². The van der Waals surface area contributed by atoms with E-state index in [1.54, 1.807) is 44.2 Å². The summed E-state index contributed by atoms with van der Waals surface area (Å²) in [6, 6.07) is 8.52. The molecular formula is C21H17N3O6S. The van der Waals surface area contributed by atoms with Gasteiger partial charge < -0.3 is 9.15 Å². The normalized spacial score (nSPS) is 16.1. The number of hydrogen-bond donors (Lipinski definition) is 0. The zero-order valence-corrected chi connectivity index (χ0v) is 17.4. The van der Waals surface area contributed by atoms with Gasteiger partial charge in [0, 0.05) is 12.1 Å². The molecular weight excluding hydrogens is 422 g/mol. The average Bonchev–Trinajstić information content (AvgIpc) is 3.36. The summed E-state index contributed by atoms with van der Waals surface area (Å²) in [7, 11) is 0. The molecule has 3 heterocycles. The second kappa shape index (κ2) is 8.15. The van der Waals surface area contributed by atoms with E-state index in [-0.39, 0.29) is 23.4 Å². The Morgan fingerprint density at radius 1 is 1.39 bits per heavy atom. The molecule has 0 radical (unpaired) electrons. The van der Waals surface area contributed by atoms with Gasteiger partial charge in [-0.05, 0) is 37.6 Å². The number of carbonyl (C=O) groups excluding carboxylic acids is 1. The van der Waals surface area contributed by atoms with Gasteiger partial charge in [0.2, 0.25) is 0 Å². The largest absolute Gasteiger partial charge is 0.467 e. The van der Waals surface area contributed by atoms with Crippen LogP contribution in [0.25, 0.3) is 6.08 Å². The lowest BCUT2D eigenvalue weighted by atomic mass is 10.0. The van der Waals surface area contributed by atoms with Crippen LogP contribution in [0.1, 0.15) is 31.2 Å². The summed E-state index contributed by atoms with van der Waals surface area (Å²) < 4.78 is 12.5. The summed E-state index contributed by atoms with van der Waals surface area (Å²) in [6.07, 6.45) is 3.03. The summed E-state index contributed by atoms with van der Waals surface area (Å²) >= 11 is 1.13. The molecule has 4 rings (SSSR count). The van der Waals surface area contributed by atoms with Crippen LogP contribution >= 0.6 is 11.3 Å². The van der Waals surface area contributed by atoms with Crippen molar-refractivity contribution in [3.05, 3.63) is 95.1 Å². The number of hydrogen-bond acceptors (Lipinski definition) is 8. The molecule has 9 nitrogen and oxygen atoms in total. The molecule has 158 valence electrons. The highest BCUT2D eigenvalue weighted by Crippen LogP contribution is 2.30. The third-order valence-corrected chi connectivity index (χ3v) is 5.69. The van der Waals surface area contributed by atoms with Gasteiger partial charge >= 0.3 is 5.97 Å². The molecule has 1 unspecified atom stereocenters. The van der Waals surface area contributed by atoms with Crippen LogP contribution in [0.15, 0.2) is 68.1 Å². The minimum Gasteiger partial charge on any atom is -0.467 e. The molecule has 0 bridgehead atoms. The zero-order chi connectivity index (χ0) is 22.1. The monoisotopic (exact) mass is 439 g/mol. The molecule has 0 saturated heterocycles. The Hall–Kier alpha value is -3.79. The SMILES string of the molecule is CCOC(=O)C1=C(C)N=c2sc(=Cc3cccc([N+](=O)[O-])c3)c(=O)n2C1c1ccco1. The number of rotatable bonds is 5. The molecule has 0 saturated carbocycles. The predicted octanol–water partition coefficient (Wildman–Crippen LogP) is 2.30. The fraction of sp³-hybridized carbons (Fsp3) is 0.190. The molecule has 0 spiro atoms. The summed E-state index contributed by atoms with van der Waals surface area (Å²) in [5.74, 6) is -0.168. The van der Waals surface area contributed by atoms with Crippen molar-refractivity contribution in [2.24, 2.45) is 4.99 Å². The number of esters is 1. The van der Waals surface area contributed by atoms with E-state index in [2.05, 4.69) is 4.99 Å². The van der Waals surface area contributed by atoms with Gasteiger partial charge in [0.15, 0.2) is 4.80 Å². The fourth-order valence-electron chi connectivity index (χ4n) is 3.39. The topological polar surface area (TPSA) is 117 Å². The van der Waals surface area contributed by atoms with Crippen LogP contribution in [0.3, 0.4) is 0 Å². The fourth-order valence-corrected chi connectivity index (χ4v) is 4.43. The van der Waals surface area contributed by atoms with Crippen LogP contribution in [0.2, 0.25) is 0 Å². The van der Waals surface area contributed by atoms with Crippen LogP contribution in [0, 0.1) is 10.1 Å². The van der Waals surface area contributed by atoms with Crippen LogP contribution in [0.4, 0.5) is 5.69 Å². The van der Waals surface area contributed by atoms with E-state index in [1.807, 2.05) is 0 Å². The van der Waals surface area contributed by atoms with E-state index in [0.717, 1.165) is 11.3 Å². The quantitative estimate of drug-likeness (QED) is 0.342. The summed E-state index contributed by atoms with van der Waals surface area (Å²) in [5, 5.41) is 11.0. The minimum absolute atomic E-state index is 0.0737. The molecule has 1 aliphatic heterocycles. The maximum atomic E-state index is 13.3. The number of nitro groups is 1. The van der Waals surface area contributed by atoms with E-state index >= 15 is 0 Å². The van der Waals surface area contributed by atoms with Crippen molar-refractivity contribution in [2.75, 3.05) is 6.61 Å². The number of allylic oxidation sites excluding steroid dienone is 1. The number of non-ortho nitro benzene ring substituents is 1. The van der Waals surface area contributed by atoms with E-state index in [4.69, 9.17) is 9.15 Å². The number of carbonyl (C=O) groups is 1. The Kier molecular flexibility index (Phi) is 5.38. The molecule has 0 N–H and O–H groups in total. The first-order valence-electron chi connectivity index (χ1n) is 9.38. The maximum Gasteiger partial charge on any atom is 0.338 e. The number of ether oxygens (including phenoxy) is 1. The summed E-state index contributed by atoms with van der Waals surface area (Å²) in [4.78, 5) is 41.4. The third kappa shape index (κ3) is 3.73. The smallest absolute Gasteiger partial charge is 0.338 e. The Labute approximate surface area is 179 Å². The molecule has 1 atom stereocenters. The van der Waals surface area contributed by atoms with Crippen molar-refractivity contribution in [1.82, 2.24) is 4.57 Å². The molecule has 1 aliphatic rings. The minimum atomic E-state index is -0.822. The van der Waals surface area contributed by atoms with Crippen LogP contribution < -0.4 is 14.9 Å². The van der Waals surface area contributed by atoms with Crippen LogP contribution in [-0.4, -0.2) is 22.1 Å². The van der Waals surface area contributed by atoms with Gasteiger partial charge in [-0.15, -0.1) is 0 Å². The zero-order valence-electron chi connectivity index (χ0n) is 16.6. The highest BCUT2D eigenvalue weighted by Gasteiger charge is 2.35. The number of thiazole rings is 1. The second-order valence-electron chi connectivity index (χ2n) is 6.67. The Morgan fingerprint density at radius 2 is 2.19 bits per heavy atom. The third-order valence-electron chi connectivity index (χ3n) is 4.71. The lowest BCUT2D eigenvalue weighted by molar-refractivity contribution is -0.384. The number of nitro benzene ring substituents is 1. The molecule has 1 aromatic carbocycles. The standard InChI is InChI=1S/C21H17N3O6S/c1-3-29-20(26)17-12(2)22-21-23(18(17)15-8-5-9-30-15)19(25)16(31-21)11-13-6-4-7-14(10-13)24(27)28/h4-11,18H,3H2,1-2H3. The van der Waals surface area contributed by atoms with Gasteiger partial charge in [0.05, 0.1) is 33.6 Å². The lowest BCUT2D eigenvalue weighted by Gasteiger charge is -2.22. The molecule has 10 heteroatoms. The van der Waals surface area contributed by atoms with Crippen molar-refractivity contribution in [3.63, 3.8) is 0 Å². The van der Waals surface area contributed by atoms with Gasteiger partial charge in [0.25, 0.3) is 11.2 Å². The first kappa shape index (κ1) is 20.5. The van der Waals surface area contributed by atoms with Crippen molar-refractivity contribution >= 4 is 29.1 Å². The van der Waals surface area contributed by atoms with Gasteiger partial charge in [-0.25, -0.2) is 9.79 Å². The number of fused-ring (bicyclic) bond motifs is 1. The average molecular weight is 439 g/mol. The Balaban J connectivity index is 1.92. The van der Waals surface area contributed by atoms with Crippen molar-refractivity contribution in [3.8, 4) is 0 Å².